The fraction of sp³-hybridized carbons (Fsp3) is 0. The first kappa shape index (κ1) is 20.1. The third-order valence-electron chi connectivity index (χ3n) is 6.60. The molecule has 7 rings (SSSR count). The van der Waals surface area contributed by atoms with Crippen LogP contribution in [-0.4, -0.2) is 15.0 Å². The van der Waals surface area contributed by atoms with Crippen LogP contribution in [-0.2, 0) is 0 Å². The topological polar surface area (TPSA) is 38.7 Å². The predicted octanol–water partition coefficient (Wildman–Crippen LogP) is 8.47. The van der Waals surface area contributed by atoms with Crippen LogP contribution in [0.2, 0.25) is 5.28 Å². The quantitative estimate of drug-likeness (QED) is 0.239. The lowest BCUT2D eigenvalue weighted by atomic mass is 9.93. The standard InChI is InChI=1S/C31H18ClN3/c32-31-34-29(23-16-13-19-7-1-2-9-21(19)17-23)33-30(35-31)27-18-22-15-14-20-8-3-4-10-24(20)28(22)26-12-6-5-11-25(26)27/h1-18H. The van der Waals surface area contributed by atoms with E-state index >= 15 is 0 Å². The highest BCUT2D eigenvalue weighted by atomic mass is 35.5. The molecule has 0 radical (unpaired) electrons. The Morgan fingerprint density at radius 3 is 1.94 bits per heavy atom. The van der Waals surface area contributed by atoms with Gasteiger partial charge in [-0.2, -0.15) is 9.97 Å². The highest BCUT2D eigenvalue weighted by Crippen LogP contribution is 2.38. The Labute approximate surface area is 206 Å². The number of aromatic nitrogens is 3. The lowest BCUT2D eigenvalue weighted by molar-refractivity contribution is 1.07. The molecule has 0 saturated carbocycles. The summed E-state index contributed by atoms with van der Waals surface area (Å²) in [6.07, 6.45) is 0. The van der Waals surface area contributed by atoms with Crippen molar-refractivity contribution in [3.63, 3.8) is 0 Å². The third-order valence-corrected chi connectivity index (χ3v) is 6.77. The maximum Gasteiger partial charge on any atom is 0.226 e. The number of fused-ring (bicyclic) bond motifs is 6. The van der Waals surface area contributed by atoms with Crippen molar-refractivity contribution in [3.05, 3.63) is 114 Å². The molecule has 0 saturated heterocycles. The van der Waals surface area contributed by atoms with E-state index in [0.29, 0.717) is 11.6 Å². The van der Waals surface area contributed by atoms with Crippen LogP contribution in [0.3, 0.4) is 0 Å². The summed E-state index contributed by atoms with van der Waals surface area (Å²) in [6.45, 7) is 0. The Hall–Kier alpha value is -4.34. The summed E-state index contributed by atoms with van der Waals surface area (Å²) in [6, 6.07) is 37.9. The Balaban J connectivity index is 1.50. The van der Waals surface area contributed by atoms with Gasteiger partial charge >= 0.3 is 0 Å². The van der Waals surface area contributed by atoms with E-state index in [1.807, 2.05) is 18.2 Å². The predicted molar refractivity (Wildman–Crippen MR) is 146 cm³/mol. The Morgan fingerprint density at radius 2 is 1.09 bits per heavy atom. The largest absolute Gasteiger partial charge is 0.226 e. The maximum atomic E-state index is 6.45. The molecule has 1 aromatic heterocycles. The molecule has 0 spiro atoms. The molecular formula is C31H18ClN3. The van der Waals surface area contributed by atoms with E-state index in [1.165, 1.54) is 26.9 Å². The van der Waals surface area contributed by atoms with Gasteiger partial charge in [0.15, 0.2) is 11.6 Å². The molecule has 1 heterocycles. The average molecular weight is 468 g/mol. The molecule has 0 unspecified atom stereocenters. The second-order valence-electron chi connectivity index (χ2n) is 8.67. The molecule has 0 bridgehead atoms. The number of halogens is 1. The van der Waals surface area contributed by atoms with E-state index in [9.17, 15) is 0 Å². The van der Waals surface area contributed by atoms with Gasteiger partial charge in [0, 0.05) is 11.1 Å². The van der Waals surface area contributed by atoms with Crippen molar-refractivity contribution in [2.45, 2.75) is 0 Å². The Morgan fingerprint density at radius 1 is 0.457 bits per heavy atom. The van der Waals surface area contributed by atoms with Gasteiger partial charge in [0.25, 0.3) is 0 Å². The highest BCUT2D eigenvalue weighted by molar-refractivity contribution is 6.28. The molecule has 0 amide bonds. The van der Waals surface area contributed by atoms with Gasteiger partial charge in [0.1, 0.15) is 0 Å². The summed E-state index contributed by atoms with van der Waals surface area (Å²) < 4.78 is 0. The lowest BCUT2D eigenvalue weighted by Gasteiger charge is -2.13. The van der Waals surface area contributed by atoms with Crippen LogP contribution in [0.4, 0.5) is 0 Å². The molecule has 6 aromatic carbocycles. The summed E-state index contributed by atoms with van der Waals surface area (Å²) in [5.74, 6) is 1.13. The fourth-order valence-corrected chi connectivity index (χ4v) is 5.15. The monoisotopic (exact) mass is 467 g/mol. The second-order valence-corrected chi connectivity index (χ2v) is 9.01. The minimum Gasteiger partial charge on any atom is -0.208 e. The first-order chi connectivity index (χ1) is 17.2. The summed E-state index contributed by atoms with van der Waals surface area (Å²) in [4.78, 5) is 13.9. The van der Waals surface area contributed by atoms with Crippen molar-refractivity contribution in [1.82, 2.24) is 15.0 Å². The molecule has 0 aliphatic heterocycles. The van der Waals surface area contributed by atoms with Crippen molar-refractivity contribution >= 4 is 54.7 Å². The molecular weight excluding hydrogens is 450 g/mol. The van der Waals surface area contributed by atoms with E-state index in [-0.39, 0.29) is 5.28 Å². The van der Waals surface area contributed by atoms with Crippen LogP contribution in [0.5, 0.6) is 0 Å². The van der Waals surface area contributed by atoms with Gasteiger partial charge in [-0.15, -0.1) is 0 Å². The van der Waals surface area contributed by atoms with Gasteiger partial charge in [-0.05, 0) is 66.8 Å². The smallest absolute Gasteiger partial charge is 0.208 e. The van der Waals surface area contributed by atoms with Crippen molar-refractivity contribution in [2.75, 3.05) is 0 Å². The van der Waals surface area contributed by atoms with Gasteiger partial charge in [0.05, 0.1) is 0 Å². The Bertz CT molecular complexity index is 1930. The number of hydrogen-bond acceptors (Lipinski definition) is 3. The summed E-state index contributed by atoms with van der Waals surface area (Å²) in [5.41, 5.74) is 1.85. The summed E-state index contributed by atoms with van der Waals surface area (Å²) >= 11 is 6.45. The molecule has 0 aliphatic carbocycles. The summed E-state index contributed by atoms with van der Waals surface area (Å²) in [5, 5.41) is 9.57. The van der Waals surface area contributed by atoms with Gasteiger partial charge in [0.2, 0.25) is 5.28 Å². The van der Waals surface area contributed by atoms with Gasteiger partial charge in [-0.1, -0.05) is 97.1 Å². The number of benzene rings is 6. The van der Waals surface area contributed by atoms with Crippen molar-refractivity contribution in [2.24, 2.45) is 0 Å². The van der Waals surface area contributed by atoms with Crippen LogP contribution in [0, 0.1) is 0 Å². The normalized spacial score (nSPS) is 11.6. The molecule has 4 heteroatoms. The average Bonchev–Trinajstić information content (AvgIpc) is 2.91. The van der Waals surface area contributed by atoms with Crippen LogP contribution < -0.4 is 0 Å². The van der Waals surface area contributed by atoms with E-state index in [1.54, 1.807) is 0 Å². The third kappa shape index (κ3) is 3.32. The first-order valence-electron chi connectivity index (χ1n) is 11.5. The zero-order chi connectivity index (χ0) is 23.4. The van der Waals surface area contributed by atoms with Crippen LogP contribution in [0.15, 0.2) is 109 Å². The highest BCUT2D eigenvalue weighted by Gasteiger charge is 2.15. The van der Waals surface area contributed by atoms with Crippen LogP contribution >= 0.6 is 11.6 Å². The van der Waals surface area contributed by atoms with Gasteiger partial charge in [-0.3, -0.25) is 0 Å². The minimum atomic E-state index is 0.181. The zero-order valence-corrected chi connectivity index (χ0v) is 19.4. The number of hydrogen-bond donors (Lipinski definition) is 0. The van der Waals surface area contributed by atoms with Gasteiger partial charge in [-0.25, -0.2) is 4.98 Å². The molecule has 0 atom stereocenters. The van der Waals surface area contributed by atoms with Crippen LogP contribution in [0.1, 0.15) is 0 Å². The van der Waals surface area contributed by atoms with Crippen LogP contribution in [0.25, 0.3) is 65.9 Å². The first-order valence-corrected chi connectivity index (χ1v) is 11.9. The van der Waals surface area contributed by atoms with Gasteiger partial charge < -0.3 is 0 Å². The zero-order valence-electron chi connectivity index (χ0n) is 18.6. The Kier molecular flexibility index (Phi) is 4.51. The molecule has 3 nitrogen and oxygen atoms in total. The van der Waals surface area contributed by atoms with Crippen molar-refractivity contribution < 1.29 is 0 Å². The number of rotatable bonds is 2. The molecule has 7 aromatic rings. The van der Waals surface area contributed by atoms with E-state index in [4.69, 9.17) is 16.6 Å². The van der Waals surface area contributed by atoms with Crippen molar-refractivity contribution in [3.8, 4) is 22.8 Å². The minimum absolute atomic E-state index is 0.181. The molecule has 0 N–H and O–H groups in total. The molecule has 164 valence electrons. The van der Waals surface area contributed by atoms with E-state index < -0.39 is 0 Å². The SMILES string of the molecule is Clc1nc(-c2ccc3ccccc3c2)nc(-c2cc3ccc4ccccc4c3c3ccccc23)n1. The second kappa shape index (κ2) is 7.86. The number of nitrogens with zero attached hydrogens (tertiary/aromatic N) is 3. The fourth-order valence-electron chi connectivity index (χ4n) is 4.99. The molecule has 35 heavy (non-hydrogen) atoms. The maximum absolute atomic E-state index is 6.45. The summed E-state index contributed by atoms with van der Waals surface area (Å²) in [7, 11) is 0. The molecule has 0 fully saturated rings. The lowest BCUT2D eigenvalue weighted by Crippen LogP contribution is -1.98. The van der Waals surface area contributed by atoms with E-state index in [0.717, 1.165) is 27.3 Å². The van der Waals surface area contributed by atoms with Crippen molar-refractivity contribution in [1.29, 1.82) is 0 Å². The molecule has 0 aliphatic rings. The van der Waals surface area contributed by atoms with E-state index in [2.05, 4.69) is 101 Å².